The number of ether oxygens (including phenoxy) is 2. The van der Waals surface area contributed by atoms with Crippen LogP contribution in [-0.2, 0) is 9.47 Å². The third kappa shape index (κ3) is 5.77. The van der Waals surface area contributed by atoms with Crippen LogP contribution in [0.1, 0.15) is 39.4 Å². The van der Waals surface area contributed by atoms with Crippen molar-refractivity contribution in [2.24, 2.45) is 0 Å². The molecule has 162 valence electrons. The molecule has 0 radical (unpaired) electrons. The number of amides is 1. The van der Waals surface area contributed by atoms with Gasteiger partial charge in [0, 0.05) is 24.3 Å². The number of hydrogen-bond donors (Lipinski definition) is 1. The molecule has 2 aromatic carbocycles. The molecule has 3 rings (SSSR count). The van der Waals surface area contributed by atoms with Gasteiger partial charge in [-0.2, -0.15) is 0 Å². The molecule has 3 aromatic rings. The molecular formula is C24H26N2O4S. The van der Waals surface area contributed by atoms with Crippen molar-refractivity contribution in [1.82, 2.24) is 10.3 Å². The van der Waals surface area contributed by atoms with E-state index in [0.29, 0.717) is 28.7 Å². The third-order valence-electron chi connectivity index (χ3n) is 4.60. The summed E-state index contributed by atoms with van der Waals surface area (Å²) in [7, 11) is 1.60. The first-order chi connectivity index (χ1) is 14.9. The second-order valence-corrected chi connectivity index (χ2v) is 8.28. The van der Waals surface area contributed by atoms with E-state index in [1.807, 2.05) is 50.2 Å². The quantitative estimate of drug-likeness (QED) is 0.515. The highest BCUT2D eigenvalue weighted by atomic mass is 32.1. The van der Waals surface area contributed by atoms with Crippen LogP contribution in [0.3, 0.4) is 0 Å². The van der Waals surface area contributed by atoms with Crippen LogP contribution in [0.15, 0.2) is 48.7 Å². The molecule has 1 amide bonds. The smallest absolute Gasteiger partial charge is 0.349 e. The van der Waals surface area contributed by atoms with Gasteiger partial charge in [0.1, 0.15) is 9.88 Å². The minimum Gasteiger partial charge on any atom is -0.462 e. The molecule has 0 saturated carbocycles. The van der Waals surface area contributed by atoms with Gasteiger partial charge in [0.25, 0.3) is 5.91 Å². The number of rotatable bonds is 8. The average molecular weight is 439 g/mol. The molecule has 0 aliphatic carbocycles. The van der Waals surface area contributed by atoms with E-state index in [-0.39, 0.29) is 11.9 Å². The van der Waals surface area contributed by atoms with E-state index < -0.39 is 5.97 Å². The standard InChI is InChI=1S/C24H26N2O4S/c1-5-30-24(28)21-13-25-23(31-21)20-11-18(17-8-6-15(2)7-9-17)10-19(12-20)22(27)26-16(3)14-29-4/h6-13,16H,5,14H2,1-4H3,(H,26,27). The highest BCUT2D eigenvalue weighted by Crippen LogP contribution is 2.31. The van der Waals surface area contributed by atoms with Crippen LogP contribution in [-0.4, -0.2) is 43.2 Å². The number of hydrogen-bond acceptors (Lipinski definition) is 6. The first kappa shape index (κ1) is 22.7. The summed E-state index contributed by atoms with van der Waals surface area (Å²) >= 11 is 1.25. The van der Waals surface area contributed by atoms with Crippen molar-refractivity contribution in [3.63, 3.8) is 0 Å². The van der Waals surface area contributed by atoms with Crippen molar-refractivity contribution < 1.29 is 19.1 Å². The number of aromatic nitrogens is 1. The number of carbonyl (C=O) groups excluding carboxylic acids is 2. The Bertz CT molecular complexity index is 1060. The van der Waals surface area contributed by atoms with Gasteiger partial charge in [-0.1, -0.05) is 29.8 Å². The molecule has 6 nitrogen and oxygen atoms in total. The van der Waals surface area contributed by atoms with Crippen LogP contribution < -0.4 is 5.32 Å². The lowest BCUT2D eigenvalue weighted by Gasteiger charge is -2.14. The number of esters is 1. The zero-order valence-corrected chi connectivity index (χ0v) is 18.9. The Hall–Kier alpha value is -3.03. The predicted molar refractivity (Wildman–Crippen MR) is 122 cm³/mol. The van der Waals surface area contributed by atoms with E-state index >= 15 is 0 Å². The van der Waals surface area contributed by atoms with Crippen LogP contribution in [0.5, 0.6) is 0 Å². The normalized spacial score (nSPS) is 11.7. The van der Waals surface area contributed by atoms with Gasteiger partial charge in [0.2, 0.25) is 0 Å². The van der Waals surface area contributed by atoms with E-state index in [1.54, 1.807) is 20.1 Å². The highest BCUT2D eigenvalue weighted by Gasteiger charge is 2.17. The number of nitrogens with zero attached hydrogens (tertiary/aromatic N) is 1. The number of carbonyl (C=O) groups is 2. The highest BCUT2D eigenvalue weighted by molar-refractivity contribution is 7.16. The van der Waals surface area contributed by atoms with Crippen LogP contribution in [0.4, 0.5) is 0 Å². The van der Waals surface area contributed by atoms with Gasteiger partial charge < -0.3 is 14.8 Å². The van der Waals surface area contributed by atoms with Crippen LogP contribution >= 0.6 is 11.3 Å². The molecular weight excluding hydrogens is 412 g/mol. The number of nitrogens with one attached hydrogen (secondary N) is 1. The zero-order valence-electron chi connectivity index (χ0n) is 18.1. The fourth-order valence-electron chi connectivity index (χ4n) is 3.10. The van der Waals surface area contributed by atoms with Gasteiger partial charge in [-0.3, -0.25) is 4.79 Å². The second kappa shape index (κ2) is 10.3. The summed E-state index contributed by atoms with van der Waals surface area (Å²) in [6.45, 7) is 6.41. The lowest BCUT2D eigenvalue weighted by molar-refractivity contribution is 0.0531. The van der Waals surface area contributed by atoms with Gasteiger partial charge in [-0.15, -0.1) is 11.3 Å². The molecule has 0 saturated heterocycles. The average Bonchev–Trinajstić information content (AvgIpc) is 3.25. The van der Waals surface area contributed by atoms with Gasteiger partial charge in [-0.05, 0) is 50.1 Å². The molecule has 1 N–H and O–H groups in total. The van der Waals surface area contributed by atoms with Gasteiger partial charge in [0.05, 0.1) is 19.4 Å². The largest absolute Gasteiger partial charge is 0.462 e. The van der Waals surface area contributed by atoms with Crippen molar-refractivity contribution >= 4 is 23.2 Å². The van der Waals surface area contributed by atoms with E-state index in [0.717, 1.165) is 22.3 Å². The zero-order chi connectivity index (χ0) is 22.4. The molecule has 1 unspecified atom stereocenters. The molecule has 1 atom stereocenters. The van der Waals surface area contributed by atoms with Crippen LogP contribution in [0.2, 0.25) is 0 Å². The van der Waals surface area contributed by atoms with E-state index in [1.165, 1.54) is 17.5 Å². The minimum atomic E-state index is -0.396. The Morgan fingerprint density at radius 2 is 1.81 bits per heavy atom. The molecule has 0 aliphatic heterocycles. The lowest BCUT2D eigenvalue weighted by Crippen LogP contribution is -2.35. The minimum absolute atomic E-state index is 0.126. The third-order valence-corrected chi connectivity index (χ3v) is 5.63. The van der Waals surface area contributed by atoms with Crippen molar-refractivity contribution in [3.05, 3.63) is 64.7 Å². The van der Waals surface area contributed by atoms with Crippen LogP contribution in [0.25, 0.3) is 21.7 Å². The van der Waals surface area contributed by atoms with E-state index in [9.17, 15) is 9.59 Å². The fourth-order valence-corrected chi connectivity index (χ4v) is 3.89. The van der Waals surface area contributed by atoms with Gasteiger partial charge >= 0.3 is 5.97 Å². The molecule has 0 aliphatic rings. The van der Waals surface area contributed by atoms with Crippen molar-refractivity contribution in [1.29, 1.82) is 0 Å². The van der Waals surface area contributed by atoms with Crippen molar-refractivity contribution in [3.8, 4) is 21.7 Å². The maximum absolute atomic E-state index is 12.9. The molecule has 7 heteroatoms. The number of methoxy groups -OCH3 is 1. The summed E-state index contributed by atoms with van der Waals surface area (Å²) in [5, 5.41) is 3.60. The Labute approximate surface area is 186 Å². The van der Waals surface area contributed by atoms with Gasteiger partial charge in [-0.25, -0.2) is 9.78 Å². The number of thiazole rings is 1. The van der Waals surface area contributed by atoms with E-state index in [2.05, 4.69) is 10.3 Å². The summed E-state index contributed by atoms with van der Waals surface area (Å²) in [6.07, 6.45) is 1.51. The molecule has 1 heterocycles. The van der Waals surface area contributed by atoms with Crippen molar-refractivity contribution in [2.75, 3.05) is 20.3 Å². The molecule has 0 fully saturated rings. The summed E-state index contributed by atoms with van der Waals surface area (Å²) in [5.74, 6) is -0.589. The predicted octanol–water partition coefficient (Wildman–Crippen LogP) is 4.73. The Kier molecular flexibility index (Phi) is 7.55. The molecule has 0 spiro atoms. The lowest BCUT2D eigenvalue weighted by atomic mass is 9.98. The first-order valence-electron chi connectivity index (χ1n) is 10.1. The second-order valence-electron chi connectivity index (χ2n) is 7.25. The molecule has 0 bridgehead atoms. The number of aryl methyl sites for hydroxylation is 1. The SMILES string of the molecule is CCOC(=O)c1cnc(-c2cc(C(=O)NC(C)COC)cc(-c3ccc(C)cc3)c2)s1. The Morgan fingerprint density at radius 1 is 1.10 bits per heavy atom. The monoisotopic (exact) mass is 438 g/mol. The Morgan fingerprint density at radius 3 is 2.48 bits per heavy atom. The molecule has 1 aromatic heterocycles. The topological polar surface area (TPSA) is 77.5 Å². The van der Waals surface area contributed by atoms with E-state index in [4.69, 9.17) is 9.47 Å². The summed E-state index contributed by atoms with van der Waals surface area (Å²) in [5.41, 5.74) is 4.33. The molecule has 31 heavy (non-hydrogen) atoms. The van der Waals surface area contributed by atoms with Crippen molar-refractivity contribution in [2.45, 2.75) is 26.8 Å². The summed E-state index contributed by atoms with van der Waals surface area (Å²) in [6, 6.07) is 13.6. The summed E-state index contributed by atoms with van der Waals surface area (Å²) in [4.78, 5) is 29.8. The maximum Gasteiger partial charge on any atom is 0.349 e. The van der Waals surface area contributed by atoms with Gasteiger partial charge in [0.15, 0.2) is 0 Å². The van der Waals surface area contributed by atoms with Crippen LogP contribution in [0, 0.1) is 6.92 Å². The summed E-state index contributed by atoms with van der Waals surface area (Å²) < 4.78 is 10.2. The maximum atomic E-state index is 12.9. The number of benzene rings is 2. The first-order valence-corrected chi connectivity index (χ1v) is 10.9. The fraction of sp³-hybridized carbons (Fsp3) is 0.292. The Balaban J connectivity index is 2.01.